The summed E-state index contributed by atoms with van der Waals surface area (Å²) in [6.45, 7) is 0. The van der Waals surface area contributed by atoms with Crippen LogP contribution in [0.15, 0.2) is 243 Å². The van der Waals surface area contributed by atoms with E-state index in [9.17, 15) is 0 Å². The smallest absolute Gasteiger partial charge is 0.0893 e. The van der Waals surface area contributed by atoms with E-state index < -0.39 is 0 Å². The zero-order chi connectivity index (χ0) is 45.0. The molecule has 0 aliphatic carbocycles. The van der Waals surface area contributed by atoms with Gasteiger partial charge in [-0.15, -0.1) is 0 Å². The van der Waals surface area contributed by atoms with Crippen LogP contribution in [0.1, 0.15) is 0 Å². The predicted octanol–water partition coefficient (Wildman–Crippen LogP) is 16.7. The molecule has 13 aromatic rings. The largest absolute Gasteiger partial charge is 0.255 e. The van der Waals surface area contributed by atoms with Gasteiger partial charge in [0.15, 0.2) is 0 Å². The second kappa shape index (κ2) is 16.4. The molecule has 0 atom stereocenters. The first kappa shape index (κ1) is 39.3. The Hall–Kier alpha value is -9.12. The van der Waals surface area contributed by atoms with Gasteiger partial charge < -0.3 is 0 Å². The van der Waals surface area contributed by atoms with Gasteiger partial charge in [0.2, 0.25) is 0 Å². The lowest BCUT2D eigenvalue weighted by Gasteiger charge is -2.22. The zero-order valence-corrected chi connectivity index (χ0v) is 36.9. The molecule has 0 aliphatic heterocycles. The van der Waals surface area contributed by atoms with E-state index in [4.69, 9.17) is 19.9 Å². The van der Waals surface area contributed by atoms with Gasteiger partial charge in [-0.05, 0) is 160 Å². The molecule has 9 aromatic carbocycles. The van der Waals surface area contributed by atoms with E-state index in [2.05, 4.69) is 194 Å². The maximum Gasteiger partial charge on any atom is 0.0893 e. The van der Waals surface area contributed by atoms with E-state index in [1.54, 1.807) is 0 Å². The Bertz CT molecular complexity index is 4060. The summed E-state index contributed by atoms with van der Waals surface area (Å²) in [5, 5.41) is 11.5. The summed E-state index contributed by atoms with van der Waals surface area (Å²) in [4.78, 5) is 20.4. The van der Waals surface area contributed by atoms with Crippen LogP contribution in [-0.2, 0) is 0 Å². The Morgan fingerprint density at radius 1 is 0.206 bits per heavy atom. The normalized spacial score (nSPS) is 11.5. The molecule has 316 valence electrons. The molecule has 4 nitrogen and oxygen atoms in total. The number of nitrogens with zero attached hydrogens (tertiary/aromatic N) is 4. The number of benzene rings is 9. The third-order valence-corrected chi connectivity index (χ3v) is 13.3. The quantitative estimate of drug-likeness (QED) is 0.118. The number of aromatic nitrogens is 4. The van der Waals surface area contributed by atoms with E-state index in [1.165, 1.54) is 43.6 Å². The van der Waals surface area contributed by atoms with Gasteiger partial charge in [-0.1, -0.05) is 158 Å². The minimum atomic E-state index is 0.813. The fourth-order valence-corrected chi connectivity index (χ4v) is 10.3. The van der Waals surface area contributed by atoms with Crippen molar-refractivity contribution in [2.45, 2.75) is 0 Å². The van der Waals surface area contributed by atoms with Gasteiger partial charge in [0, 0.05) is 23.5 Å². The minimum absolute atomic E-state index is 0.813. The van der Waals surface area contributed by atoms with Gasteiger partial charge in [0.1, 0.15) is 0 Å². The first-order valence-corrected chi connectivity index (χ1v) is 23.0. The van der Waals surface area contributed by atoms with Crippen LogP contribution in [0.5, 0.6) is 0 Å². The van der Waals surface area contributed by atoms with Crippen molar-refractivity contribution in [2.24, 2.45) is 0 Å². The molecule has 4 heterocycles. The number of pyridine rings is 4. The monoisotopic (exact) mass is 864 g/mol. The molecular formula is C64H40N4. The lowest BCUT2D eigenvalue weighted by Crippen LogP contribution is -1.98. The molecule has 68 heavy (non-hydrogen) atoms. The highest BCUT2D eigenvalue weighted by atomic mass is 14.8. The second-order valence-electron chi connectivity index (χ2n) is 17.3. The minimum Gasteiger partial charge on any atom is -0.255 e. The van der Waals surface area contributed by atoms with Crippen LogP contribution in [0.3, 0.4) is 0 Å². The van der Waals surface area contributed by atoms with E-state index >= 15 is 0 Å². The molecule has 0 aliphatic rings. The van der Waals surface area contributed by atoms with Crippen molar-refractivity contribution in [1.29, 1.82) is 0 Å². The van der Waals surface area contributed by atoms with Crippen LogP contribution < -0.4 is 0 Å². The first-order chi connectivity index (χ1) is 33.7. The summed E-state index contributed by atoms with van der Waals surface area (Å²) in [7, 11) is 0. The summed E-state index contributed by atoms with van der Waals surface area (Å²) in [5.41, 5.74) is 14.1. The molecule has 0 spiro atoms. The van der Waals surface area contributed by atoms with Gasteiger partial charge >= 0.3 is 0 Å². The fourth-order valence-electron chi connectivity index (χ4n) is 10.3. The summed E-state index contributed by atoms with van der Waals surface area (Å²) in [5.74, 6) is 0. The van der Waals surface area contributed by atoms with Crippen molar-refractivity contribution in [3.05, 3.63) is 243 Å². The van der Waals surface area contributed by atoms with Gasteiger partial charge in [-0.2, -0.15) is 0 Å². The van der Waals surface area contributed by atoms with Crippen LogP contribution in [0.2, 0.25) is 0 Å². The van der Waals surface area contributed by atoms with Gasteiger partial charge in [0.05, 0.1) is 34.2 Å². The van der Waals surface area contributed by atoms with E-state index in [0.29, 0.717) is 0 Å². The molecule has 0 unspecified atom stereocenters. The first-order valence-electron chi connectivity index (χ1n) is 23.0. The van der Waals surface area contributed by atoms with Crippen molar-refractivity contribution >= 4 is 53.9 Å². The average Bonchev–Trinajstić information content (AvgIpc) is 3.42. The lowest BCUT2D eigenvalue weighted by molar-refractivity contribution is 1.25. The van der Waals surface area contributed by atoms with E-state index in [-0.39, 0.29) is 0 Å². The topological polar surface area (TPSA) is 51.6 Å². The zero-order valence-electron chi connectivity index (χ0n) is 36.9. The average molecular weight is 865 g/mol. The molecule has 4 aromatic heterocycles. The van der Waals surface area contributed by atoms with Gasteiger partial charge in [-0.25, -0.2) is 9.97 Å². The highest BCUT2D eigenvalue weighted by molar-refractivity contribution is 6.29. The van der Waals surface area contributed by atoms with Crippen LogP contribution in [0.4, 0.5) is 0 Å². The molecule has 0 bridgehead atoms. The molecule has 0 amide bonds. The van der Waals surface area contributed by atoms with Crippen molar-refractivity contribution in [3.8, 4) is 78.7 Å². The van der Waals surface area contributed by atoms with E-state index in [1.807, 2.05) is 48.8 Å². The van der Waals surface area contributed by atoms with Crippen LogP contribution in [-0.4, -0.2) is 19.9 Å². The summed E-state index contributed by atoms with van der Waals surface area (Å²) < 4.78 is 0. The van der Waals surface area contributed by atoms with E-state index in [0.717, 1.165) is 88.9 Å². The number of fused-ring (bicyclic) bond motifs is 6. The third-order valence-electron chi connectivity index (χ3n) is 13.3. The molecule has 0 fully saturated rings. The maximum atomic E-state index is 5.49. The molecule has 4 heteroatoms. The van der Waals surface area contributed by atoms with Crippen LogP contribution in [0.25, 0.3) is 133 Å². The molecular weight excluding hydrogens is 825 g/mol. The maximum absolute atomic E-state index is 5.49. The third kappa shape index (κ3) is 6.69. The van der Waals surface area contributed by atoms with Gasteiger partial charge in [0.25, 0.3) is 0 Å². The Morgan fingerprint density at radius 3 is 1.34 bits per heavy atom. The molecule has 0 saturated heterocycles. The SMILES string of the molecule is c1ccc(-c2ccc3c(-c4cccc(-c5ccccn5)n4)c4cc5c(cc4c(-c4cccc(-c6ccccn6)n4)c3c2)c(-c2ccccc2)c(-c2ccc3ccccc3c2)c2ccccc25)cc1. The Labute approximate surface area is 393 Å². The lowest BCUT2D eigenvalue weighted by atomic mass is 9.81. The second-order valence-corrected chi connectivity index (χ2v) is 17.3. The molecule has 0 radical (unpaired) electrons. The number of hydrogen-bond donors (Lipinski definition) is 0. The molecule has 13 rings (SSSR count). The van der Waals surface area contributed by atoms with Crippen LogP contribution >= 0.6 is 0 Å². The van der Waals surface area contributed by atoms with Crippen molar-refractivity contribution in [2.75, 3.05) is 0 Å². The fraction of sp³-hybridized carbons (Fsp3) is 0. The number of rotatable bonds is 7. The Balaban J connectivity index is 1.23. The summed E-state index contributed by atoms with van der Waals surface area (Å²) >= 11 is 0. The highest BCUT2D eigenvalue weighted by Gasteiger charge is 2.24. The Morgan fingerprint density at radius 2 is 0.676 bits per heavy atom. The van der Waals surface area contributed by atoms with Gasteiger partial charge in [-0.3, -0.25) is 9.97 Å². The number of hydrogen-bond acceptors (Lipinski definition) is 4. The predicted molar refractivity (Wildman–Crippen MR) is 283 cm³/mol. The van der Waals surface area contributed by atoms with Crippen molar-refractivity contribution < 1.29 is 0 Å². The molecule has 0 saturated carbocycles. The highest BCUT2D eigenvalue weighted by Crippen LogP contribution is 2.50. The standard InChI is InChI=1S/C64H40N4/c1-3-17-41(18-4-1)45-33-34-49-51(38-45)64(60-30-16-28-58(68-60)56-26-12-14-36-66-56)54-40-52-50(39-53(54)63(49)59-29-15-27-57(67-59)55-25-11-13-35-65-55)47-23-9-10-24-48(47)62(61(52)43-20-5-2-6-21-43)46-32-31-42-19-7-8-22-44(42)37-46/h1-40H. The van der Waals surface area contributed by atoms with Crippen molar-refractivity contribution in [1.82, 2.24) is 19.9 Å². The summed E-state index contributed by atoms with van der Waals surface area (Å²) in [6.07, 6.45) is 3.66. The van der Waals surface area contributed by atoms with Crippen LogP contribution in [0, 0.1) is 0 Å². The summed E-state index contributed by atoms with van der Waals surface area (Å²) in [6, 6.07) is 82.3. The van der Waals surface area contributed by atoms with Crippen molar-refractivity contribution in [3.63, 3.8) is 0 Å². The Kier molecular flexibility index (Phi) is 9.47. The molecule has 0 N–H and O–H groups in total.